The van der Waals surface area contributed by atoms with Gasteiger partial charge in [0.05, 0.1) is 30.0 Å². The van der Waals surface area contributed by atoms with Crippen LogP contribution in [-0.2, 0) is 4.74 Å². The van der Waals surface area contributed by atoms with E-state index in [4.69, 9.17) is 4.74 Å². The maximum absolute atomic E-state index is 13.8. The molecule has 3 heterocycles. The van der Waals surface area contributed by atoms with Crippen molar-refractivity contribution in [2.24, 2.45) is 10.2 Å². The molecule has 0 bridgehead atoms. The van der Waals surface area contributed by atoms with Crippen LogP contribution in [0, 0.1) is 6.92 Å². The summed E-state index contributed by atoms with van der Waals surface area (Å²) in [6.07, 6.45) is 0. The van der Waals surface area contributed by atoms with Gasteiger partial charge in [-0.05, 0) is 50.1 Å². The summed E-state index contributed by atoms with van der Waals surface area (Å²) in [6, 6.07) is 11.6. The quantitative estimate of drug-likeness (QED) is 0.607. The van der Waals surface area contributed by atoms with Crippen molar-refractivity contribution < 1.29 is 14.3 Å². The second-order valence-electron chi connectivity index (χ2n) is 10.8. The highest BCUT2D eigenvalue weighted by atomic mass is 16.5. The molecular weight excluding hydrogens is 494 g/mol. The number of anilines is 2. The summed E-state index contributed by atoms with van der Waals surface area (Å²) in [4.78, 5) is 31.4. The number of hydrazine groups is 1. The largest absolute Gasteiger partial charge is 0.379 e. The number of nitrogens with zero attached hydrogens (tertiary/aromatic N) is 5. The Hall–Kier alpha value is -3.60. The van der Waals surface area contributed by atoms with Crippen LogP contribution in [0.25, 0.3) is 5.70 Å². The van der Waals surface area contributed by atoms with E-state index < -0.39 is 6.04 Å². The zero-order chi connectivity index (χ0) is 27.1. The standard InChI is InChI=1S/C29H35N7O3/c1-18(2)34-9-11-35(12-10-34)20-7-8-21(19(3)17-20)26-25-27(32-31-26)22-5-4-6-23(24(22)28(25)37)30-29(38)33-36-13-15-39-16-14-36/h4-8,17-18,27H,9-16H2,1-3H3,(H2,30,33,38). The van der Waals surface area contributed by atoms with Crippen LogP contribution in [-0.4, -0.2) is 80.2 Å². The van der Waals surface area contributed by atoms with E-state index in [2.05, 4.69) is 69.7 Å². The Morgan fingerprint density at radius 1 is 1.05 bits per heavy atom. The average molecular weight is 530 g/mol. The number of carbonyl (C=O) groups is 2. The molecule has 2 aromatic carbocycles. The molecule has 1 atom stereocenters. The fraction of sp³-hybridized carbons (Fsp3) is 0.448. The summed E-state index contributed by atoms with van der Waals surface area (Å²) in [5.41, 5.74) is 8.95. The third-order valence-electron chi connectivity index (χ3n) is 8.06. The van der Waals surface area contributed by atoms with Gasteiger partial charge in [0.15, 0.2) is 5.78 Å². The van der Waals surface area contributed by atoms with Gasteiger partial charge in [-0.3, -0.25) is 15.1 Å². The number of carbonyl (C=O) groups excluding carboxylic acids is 2. The number of hydrogen-bond acceptors (Lipinski definition) is 8. The van der Waals surface area contributed by atoms with Crippen molar-refractivity contribution in [1.29, 1.82) is 0 Å². The number of morpholine rings is 1. The number of Topliss-reactive ketones (excluding diaryl/α,β-unsaturated/α-hetero) is 1. The molecule has 204 valence electrons. The molecule has 10 nitrogen and oxygen atoms in total. The summed E-state index contributed by atoms with van der Waals surface area (Å²) in [5.74, 6) is -0.134. The van der Waals surface area contributed by atoms with Crippen LogP contribution in [0.4, 0.5) is 16.2 Å². The topological polar surface area (TPSA) is 102 Å². The molecule has 1 aliphatic carbocycles. The van der Waals surface area contributed by atoms with Crippen molar-refractivity contribution >= 4 is 28.9 Å². The van der Waals surface area contributed by atoms with Crippen molar-refractivity contribution in [3.05, 3.63) is 64.2 Å². The molecule has 2 fully saturated rings. The number of piperazine rings is 1. The Labute approximate surface area is 228 Å². The first-order valence-electron chi connectivity index (χ1n) is 13.7. The van der Waals surface area contributed by atoms with Crippen LogP contribution >= 0.6 is 0 Å². The zero-order valence-corrected chi connectivity index (χ0v) is 22.7. The molecule has 6 rings (SSSR count). The molecule has 0 spiro atoms. The highest BCUT2D eigenvalue weighted by molar-refractivity contribution is 6.22. The Balaban J connectivity index is 1.23. The monoisotopic (exact) mass is 529 g/mol. The maximum Gasteiger partial charge on any atom is 0.333 e. The fourth-order valence-electron chi connectivity index (χ4n) is 5.87. The molecule has 0 aromatic heterocycles. The third kappa shape index (κ3) is 4.84. The number of amides is 2. The summed E-state index contributed by atoms with van der Waals surface area (Å²) < 4.78 is 5.33. The van der Waals surface area contributed by atoms with E-state index in [1.54, 1.807) is 6.07 Å². The SMILES string of the molecule is Cc1cc(N2CCN(C(C)C)CC2)ccc1C1=C2C(=O)c3c(NC(=O)NN4CCOCC4)cccc3C2N=N1. The Morgan fingerprint density at radius 2 is 1.82 bits per heavy atom. The molecule has 1 unspecified atom stereocenters. The highest BCUT2D eigenvalue weighted by Crippen LogP contribution is 2.49. The van der Waals surface area contributed by atoms with E-state index in [1.165, 1.54) is 5.69 Å². The van der Waals surface area contributed by atoms with Crippen LogP contribution in [0.15, 0.2) is 52.2 Å². The molecule has 10 heteroatoms. The third-order valence-corrected chi connectivity index (χ3v) is 8.06. The predicted octanol–water partition coefficient (Wildman–Crippen LogP) is 4.01. The van der Waals surface area contributed by atoms with Crippen LogP contribution in [0.2, 0.25) is 0 Å². The lowest BCUT2D eigenvalue weighted by Gasteiger charge is -2.38. The number of rotatable bonds is 5. The van der Waals surface area contributed by atoms with Gasteiger partial charge in [-0.25, -0.2) is 9.80 Å². The summed E-state index contributed by atoms with van der Waals surface area (Å²) in [5, 5.41) is 13.7. The van der Waals surface area contributed by atoms with Crippen LogP contribution in [0.5, 0.6) is 0 Å². The molecule has 0 saturated carbocycles. The van der Waals surface area contributed by atoms with Gasteiger partial charge in [0.1, 0.15) is 11.7 Å². The normalized spacial score (nSPS) is 21.5. The first kappa shape index (κ1) is 25.7. The van der Waals surface area contributed by atoms with E-state index in [1.807, 2.05) is 17.1 Å². The van der Waals surface area contributed by atoms with Crippen LogP contribution in [0.1, 0.15) is 46.9 Å². The predicted molar refractivity (Wildman–Crippen MR) is 150 cm³/mol. The number of azo groups is 1. The van der Waals surface area contributed by atoms with Gasteiger partial charge in [0.25, 0.3) is 0 Å². The molecule has 4 aliphatic rings. The molecule has 2 saturated heterocycles. The molecule has 2 N–H and O–H groups in total. The number of nitrogens with one attached hydrogen (secondary N) is 2. The minimum Gasteiger partial charge on any atom is -0.379 e. The summed E-state index contributed by atoms with van der Waals surface area (Å²) in [7, 11) is 0. The van der Waals surface area contributed by atoms with E-state index in [0.29, 0.717) is 54.9 Å². The first-order valence-corrected chi connectivity index (χ1v) is 13.7. The van der Waals surface area contributed by atoms with Crippen molar-refractivity contribution in [1.82, 2.24) is 15.3 Å². The Morgan fingerprint density at radius 3 is 2.54 bits per heavy atom. The van der Waals surface area contributed by atoms with Crippen molar-refractivity contribution in [3.63, 3.8) is 0 Å². The second kappa shape index (κ2) is 10.5. The second-order valence-corrected chi connectivity index (χ2v) is 10.8. The number of fused-ring (bicyclic) bond motifs is 3. The summed E-state index contributed by atoms with van der Waals surface area (Å²) in [6.45, 7) is 13.0. The molecular formula is C29H35N7O3. The van der Waals surface area contributed by atoms with Crippen molar-refractivity contribution in [2.45, 2.75) is 32.9 Å². The molecule has 2 amide bonds. The molecule has 0 radical (unpaired) electrons. The zero-order valence-electron chi connectivity index (χ0n) is 22.7. The average Bonchev–Trinajstić information content (AvgIpc) is 3.49. The van der Waals surface area contributed by atoms with Gasteiger partial charge in [0.2, 0.25) is 0 Å². The fourth-order valence-corrected chi connectivity index (χ4v) is 5.87. The van der Waals surface area contributed by atoms with Gasteiger partial charge in [-0.1, -0.05) is 18.2 Å². The number of aryl methyl sites for hydroxylation is 1. The number of urea groups is 1. The van der Waals surface area contributed by atoms with E-state index in [0.717, 1.165) is 42.9 Å². The Bertz CT molecular complexity index is 1350. The number of hydrogen-bond donors (Lipinski definition) is 2. The minimum absolute atomic E-state index is 0.134. The molecule has 39 heavy (non-hydrogen) atoms. The minimum atomic E-state index is -0.449. The lowest BCUT2D eigenvalue weighted by Crippen LogP contribution is -2.49. The lowest BCUT2D eigenvalue weighted by atomic mass is 9.98. The Kier molecular flexibility index (Phi) is 6.92. The van der Waals surface area contributed by atoms with E-state index >= 15 is 0 Å². The van der Waals surface area contributed by atoms with Crippen molar-refractivity contribution in [2.75, 3.05) is 62.7 Å². The van der Waals surface area contributed by atoms with Gasteiger partial charge in [0, 0.05) is 56.6 Å². The summed E-state index contributed by atoms with van der Waals surface area (Å²) >= 11 is 0. The van der Waals surface area contributed by atoms with Gasteiger partial charge in [-0.2, -0.15) is 10.2 Å². The lowest BCUT2D eigenvalue weighted by molar-refractivity contribution is 0.0207. The van der Waals surface area contributed by atoms with Gasteiger partial charge < -0.3 is 15.0 Å². The molecule has 2 aromatic rings. The number of benzene rings is 2. The highest BCUT2D eigenvalue weighted by Gasteiger charge is 2.42. The van der Waals surface area contributed by atoms with Gasteiger partial charge in [-0.15, -0.1) is 0 Å². The van der Waals surface area contributed by atoms with Crippen LogP contribution < -0.4 is 15.6 Å². The van der Waals surface area contributed by atoms with E-state index in [9.17, 15) is 9.59 Å². The van der Waals surface area contributed by atoms with Gasteiger partial charge >= 0.3 is 6.03 Å². The first-order chi connectivity index (χ1) is 18.9. The number of ether oxygens (including phenoxy) is 1. The van der Waals surface area contributed by atoms with Crippen molar-refractivity contribution in [3.8, 4) is 0 Å². The molecule has 3 aliphatic heterocycles. The van der Waals surface area contributed by atoms with Crippen LogP contribution in [0.3, 0.4) is 0 Å². The number of ketones is 1. The smallest absolute Gasteiger partial charge is 0.333 e. The maximum atomic E-state index is 13.8. The van der Waals surface area contributed by atoms with E-state index in [-0.39, 0.29) is 11.8 Å².